The van der Waals surface area contributed by atoms with Crippen molar-refractivity contribution < 1.29 is 4.79 Å². The molecule has 3 N–H and O–H groups in total. The first-order chi connectivity index (χ1) is 8.11. The Morgan fingerprint density at radius 2 is 2.35 bits per heavy atom. The third-order valence-corrected chi connectivity index (χ3v) is 3.29. The maximum atomic E-state index is 12.2. The summed E-state index contributed by atoms with van der Waals surface area (Å²) in [6.45, 7) is 3.34. The average Bonchev–Trinajstić information content (AvgIpc) is 2.71. The van der Waals surface area contributed by atoms with Crippen LogP contribution in [-0.2, 0) is 0 Å². The molecule has 2 rings (SSSR count). The molecule has 0 saturated carbocycles. The Morgan fingerprint density at radius 1 is 1.59 bits per heavy atom. The number of carbonyl (C=O) groups excluding carboxylic acids is 1. The number of carbonyl (C=O) groups is 1. The number of nitrogens with zero attached hydrogens (tertiary/aromatic N) is 1. The van der Waals surface area contributed by atoms with Crippen LogP contribution in [0.25, 0.3) is 0 Å². The number of hydrogen-bond acceptors (Lipinski definition) is 3. The van der Waals surface area contributed by atoms with Crippen LogP contribution in [0, 0.1) is 5.92 Å². The highest BCUT2D eigenvalue weighted by Gasteiger charge is 2.31. The van der Waals surface area contributed by atoms with E-state index in [1.165, 1.54) is 12.3 Å². The number of aromatic nitrogens is 1. The molecule has 1 aromatic heterocycles. The zero-order valence-corrected chi connectivity index (χ0v) is 9.85. The lowest BCUT2D eigenvalue weighted by Gasteiger charge is -2.21. The van der Waals surface area contributed by atoms with Crippen molar-refractivity contribution in [2.24, 2.45) is 11.7 Å². The molecule has 0 aliphatic carbocycles. The summed E-state index contributed by atoms with van der Waals surface area (Å²) in [6.07, 6.45) is 2.42. The lowest BCUT2D eigenvalue weighted by Crippen LogP contribution is -2.34. The van der Waals surface area contributed by atoms with Crippen molar-refractivity contribution in [2.45, 2.75) is 19.4 Å². The summed E-state index contributed by atoms with van der Waals surface area (Å²) in [5.41, 5.74) is 5.96. The number of likely N-dealkylation sites (tertiary alicyclic amines) is 1. The van der Waals surface area contributed by atoms with E-state index in [4.69, 9.17) is 5.73 Å². The molecule has 2 unspecified atom stereocenters. The predicted octanol–water partition coefficient (Wildman–Crippen LogP) is 0.184. The van der Waals surface area contributed by atoms with Gasteiger partial charge in [-0.05, 0) is 31.9 Å². The van der Waals surface area contributed by atoms with Crippen LogP contribution in [0.3, 0.4) is 0 Å². The quantitative estimate of drug-likeness (QED) is 0.767. The van der Waals surface area contributed by atoms with Gasteiger partial charge < -0.3 is 15.6 Å². The van der Waals surface area contributed by atoms with Gasteiger partial charge in [-0.2, -0.15) is 0 Å². The minimum atomic E-state index is -0.198. The number of nitrogens with two attached hydrogens (primary N) is 1. The van der Waals surface area contributed by atoms with Gasteiger partial charge in [0.25, 0.3) is 5.91 Å². The van der Waals surface area contributed by atoms with E-state index in [0.29, 0.717) is 24.6 Å². The van der Waals surface area contributed by atoms with Crippen LogP contribution < -0.4 is 11.3 Å². The van der Waals surface area contributed by atoms with Crippen LogP contribution in [0.1, 0.15) is 23.7 Å². The van der Waals surface area contributed by atoms with Crippen LogP contribution >= 0.6 is 0 Å². The fraction of sp³-hybridized carbons (Fsp3) is 0.500. The van der Waals surface area contributed by atoms with Gasteiger partial charge in [-0.3, -0.25) is 9.59 Å². The van der Waals surface area contributed by atoms with Gasteiger partial charge >= 0.3 is 0 Å². The number of aromatic amines is 1. The summed E-state index contributed by atoms with van der Waals surface area (Å²) >= 11 is 0. The summed E-state index contributed by atoms with van der Waals surface area (Å²) in [6, 6.07) is 3.14. The molecule has 92 valence electrons. The van der Waals surface area contributed by atoms with Gasteiger partial charge in [0, 0.05) is 24.8 Å². The second-order valence-electron chi connectivity index (χ2n) is 4.59. The van der Waals surface area contributed by atoms with Crippen molar-refractivity contribution in [2.75, 3.05) is 13.1 Å². The normalized spacial score (nSPS) is 24.0. The van der Waals surface area contributed by atoms with Crippen LogP contribution in [-0.4, -0.2) is 34.9 Å². The van der Waals surface area contributed by atoms with Crippen LogP contribution in [0.2, 0.25) is 0 Å². The molecule has 17 heavy (non-hydrogen) atoms. The number of nitrogens with one attached hydrogen (secondary N) is 1. The molecule has 2 heterocycles. The third-order valence-electron chi connectivity index (χ3n) is 3.29. The first-order valence-electron chi connectivity index (χ1n) is 5.81. The Kier molecular flexibility index (Phi) is 3.28. The number of H-pyrrole nitrogens is 1. The standard InChI is InChI=1S/C12H17N3O2/c1-8-4-9(5-13)7-15(8)12(17)10-2-3-11(16)14-6-10/h2-3,6,8-9H,4-5,7,13H2,1H3,(H,14,16). The summed E-state index contributed by atoms with van der Waals surface area (Å²) < 4.78 is 0. The molecule has 1 saturated heterocycles. The molecule has 1 fully saturated rings. The first kappa shape index (κ1) is 11.9. The van der Waals surface area contributed by atoms with E-state index < -0.39 is 0 Å². The van der Waals surface area contributed by atoms with E-state index in [1.54, 1.807) is 6.07 Å². The van der Waals surface area contributed by atoms with Crippen LogP contribution in [0.5, 0.6) is 0 Å². The van der Waals surface area contributed by atoms with E-state index >= 15 is 0 Å². The molecule has 1 aliphatic rings. The number of rotatable bonds is 2. The molecule has 0 radical (unpaired) electrons. The monoisotopic (exact) mass is 235 g/mol. The van der Waals surface area contributed by atoms with Gasteiger partial charge in [-0.15, -0.1) is 0 Å². The maximum absolute atomic E-state index is 12.2. The largest absolute Gasteiger partial charge is 0.336 e. The molecular formula is C12H17N3O2. The highest BCUT2D eigenvalue weighted by atomic mass is 16.2. The highest BCUT2D eigenvalue weighted by Crippen LogP contribution is 2.23. The van der Waals surface area contributed by atoms with E-state index in [2.05, 4.69) is 4.98 Å². The first-order valence-corrected chi connectivity index (χ1v) is 5.81. The minimum Gasteiger partial charge on any atom is -0.336 e. The summed E-state index contributed by atoms with van der Waals surface area (Å²) in [7, 11) is 0. The molecular weight excluding hydrogens is 218 g/mol. The van der Waals surface area contributed by atoms with E-state index in [1.807, 2.05) is 11.8 Å². The minimum absolute atomic E-state index is 0.0373. The molecule has 5 nitrogen and oxygen atoms in total. The van der Waals surface area contributed by atoms with Gasteiger partial charge in [-0.25, -0.2) is 0 Å². The topological polar surface area (TPSA) is 79.2 Å². The second-order valence-corrected chi connectivity index (χ2v) is 4.59. The van der Waals surface area contributed by atoms with Crippen molar-refractivity contribution in [1.82, 2.24) is 9.88 Å². The Labute approximate surface area is 99.6 Å². The molecule has 0 spiro atoms. The van der Waals surface area contributed by atoms with Gasteiger partial charge in [0.15, 0.2) is 0 Å². The summed E-state index contributed by atoms with van der Waals surface area (Å²) in [5.74, 6) is 0.349. The SMILES string of the molecule is CC1CC(CN)CN1C(=O)c1ccc(=O)[nH]c1. The molecule has 1 aromatic rings. The highest BCUT2D eigenvalue weighted by molar-refractivity contribution is 5.94. The number of pyridine rings is 1. The molecule has 1 amide bonds. The third kappa shape index (κ3) is 2.39. The van der Waals surface area contributed by atoms with Crippen molar-refractivity contribution in [3.05, 3.63) is 34.2 Å². The molecule has 1 aliphatic heterocycles. The average molecular weight is 235 g/mol. The zero-order valence-electron chi connectivity index (χ0n) is 9.85. The fourth-order valence-electron chi connectivity index (χ4n) is 2.31. The lowest BCUT2D eigenvalue weighted by molar-refractivity contribution is 0.0743. The van der Waals surface area contributed by atoms with Gasteiger partial charge in [0.05, 0.1) is 5.56 Å². The van der Waals surface area contributed by atoms with E-state index in [-0.39, 0.29) is 17.5 Å². The van der Waals surface area contributed by atoms with Crippen LogP contribution in [0.15, 0.2) is 23.1 Å². The van der Waals surface area contributed by atoms with Gasteiger partial charge in [0.1, 0.15) is 0 Å². The Bertz CT molecular complexity index is 449. The zero-order chi connectivity index (χ0) is 12.4. The summed E-state index contributed by atoms with van der Waals surface area (Å²) in [4.78, 5) is 27.5. The van der Waals surface area contributed by atoms with Crippen molar-refractivity contribution >= 4 is 5.91 Å². The van der Waals surface area contributed by atoms with Crippen molar-refractivity contribution in [1.29, 1.82) is 0 Å². The summed E-state index contributed by atoms with van der Waals surface area (Å²) in [5, 5.41) is 0. The Morgan fingerprint density at radius 3 is 2.88 bits per heavy atom. The second kappa shape index (κ2) is 4.71. The number of amides is 1. The van der Waals surface area contributed by atoms with E-state index in [9.17, 15) is 9.59 Å². The lowest BCUT2D eigenvalue weighted by atomic mass is 10.1. The van der Waals surface area contributed by atoms with Crippen LogP contribution in [0.4, 0.5) is 0 Å². The molecule has 2 atom stereocenters. The van der Waals surface area contributed by atoms with Gasteiger partial charge in [-0.1, -0.05) is 0 Å². The number of hydrogen-bond donors (Lipinski definition) is 2. The molecule has 0 aromatic carbocycles. The smallest absolute Gasteiger partial charge is 0.255 e. The Balaban J connectivity index is 2.15. The van der Waals surface area contributed by atoms with Gasteiger partial charge in [0.2, 0.25) is 5.56 Å². The molecule has 5 heteroatoms. The fourth-order valence-corrected chi connectivity index (χ4v) is 2.31. The predicted molar refractivity (Wildman–Crippen MR) is 64.7 cm³/mol. The maximum Gasteiger partial charge on any atom is 0.255 e. The van der Waals surface area contributed by atoms with E-state index in [0.717, 1.165) is 6.42 Å². The Hall–Kier alpha value is -1.62. The van der Waals surface area contributed by atoms with Crippen molar-refractivity contribution in [3.8, 4) is 0 Å². The molecule has 0 bridgehead atoms. The van der Waals surface area contributed by atoms with Crippen molar-refractivity contribution in [3.63, 3.8) is 0 Å².